The van der Waals surface area contributed by atoms with E-state index in [0.717, 1.165) is 5.56 Å². The Labute approximate surface area is 134 Å². The highest BCUT2D eigenvalue weighted by Crippen LogP contribution is 2.19. The molecule has 2 aliphatic heterocycles. The maximum Gasteiger partial charge on any atom is 0.324 e. The van der Waals surface area contributed by atoms with Gasteiger partial charge in [-0.05, 0) is 24.5 Å². The van der Waals surface area contributed by atoms with Gasteiger partial charge in [0.15, 0.2) is 0 Å². The van der Waals surface area contributed by atoms with Gasteiger partial charge in [-0.2, -0.15) is 0 Å². The quantitative estimate of drug-likeness (QED) is 0.674. The number of urea groups is 1. The Bertz CT molecular complexity index is 618. The lowest BCUT2D eigenvalue weighted by molar-refractivity contribution is -0.129. The third-order valence-electron chi connectivity index (χ3n) is 4.24. The van der Waals surface area contributed by atoms with E-state index in [-0.39, 0.29) is 30.4 Å². The zero-order valence-electron chi connectivity index (χ0n) is 12.8. The van der Waals surface area contributed by atoms with Gasteiger partial charge in [-0.25, -0.2) is 4.79 Å². The molecule has 4 amide bonds. The molecule has 0 radical (unpaired) electrons. The fraction of sp³-hybridized carbons (Fsp3) is 0.353. The lowest BCUT2D eigenvalue weighted by Crippen LogP contribution is -2.48. The Kier molecular flexibility index (Phi) is 4.41. The second-order valence-electron chi connectivity index (χ2n) is 5.72. The molecule has 120 valence electrons. The van der Waals surface area contributed by atoms with Crippen LogP contribution in [0.4, 0.5) is 4.79 Å². The van der Waals surface area contributed by atoms with Crippen LogP contribution in [0.2, 0.25) is 0 Å². The zero-order chi connectivity index (χ0) is 16.2. The summed E-state index contributed by atoms with van der Waals surface area (Å²) in [5.74, 6) is -0.215. The van der Waals surface area contributed by atoms with Crippen molar-refractivity contribution in [1.82, 2.24) is 15.1 Å². The summed E-state index contributed by atoms with van der Waals surface area (Å²) in [6.45, 7) is 1.19. The van der Waals surface area contributed by atoms with Crippen molar-refractivity contribution in [2.75, 3.05) is 19.6 Å². The minimum Gasteiger partial charge on any atom is -0.339 e. The smallest absolute Gasteiger partial charge is 0.324 e. The van der Waals surface area contributed by atoms with Crippen LogP contribution in [-0.2, 0) is 9.59 Å². The fourth-order valence-electron chi connectivity index (χ4n) is 2.99. The number of carbonyl (C=O) groups is 3. The predicted octanol–water partition coefficient (Wildman–Crippen LogP) is 1.24. The average molecular weight is 313 g/mol. The second-order valence-corrected chi connectivity index (χ2v) is 5.72. The van der Waals surface area contributed by atoms with Crippen LogP contribution in [0.3, 0.4) is 0 Å². The highest BCUT2D eigenvalue weighted by Gasteiger charge is 2.36. The Morgan fingerprint density at radius 3 is 2.43 bits per heavy atom. The first-order valence-corrected chi connectivity index (χ1v) is 7.77. The number of hydrogen-bond donors (Lipinski definition) is 1. The molecule has 0 atom stereocenters. The molecule has 1 aromatic rings. The van der Waals surface area contributed by atoms with Crippen molar-refractivity contribution in [2.45, 2.75) is 18.9 Å². The number of piperidine rings is 1. The molecule has 1 aromatic carbocycles. The maximum atomic E-state index is 12.2. The van der Waals surface area contributed by atoms with E-state index >= 15 is 0 Å². The molecule has 0 aromatic heterocycles. The standard InChI is InChI=1S/C17H19N3O3/c21-15(7-6-13-4-2-1-3-5-13)19-10-8-14(9-11-19)20-16(22)12-18-17(20)23/h1-7,14H,8-12H2,(H,18,23)/b7-6+. The Morgan fingerprint density at radius 1 is 1.13 bits per heavy atom. The fourth-order valence-corrected chi connectivity index (χ4v) is 2.99. The molecule has 0 unspecified atom stereocenters. The van der Waals surface area contributed by atoms with Crippen LogP contribution >= 0.6 is 0 Å². The first-order chi connectivity index (χ1) is 11.1. The summed E-state index contributed by atoms with van der Waals surface area (Å²) >= 11 is 0. The number of hydrogen-bond acceptors (Lipinski definition) is 3. The number of likely N-dealkylation sites (tertiary alicyclic amines) is 1. The summed E-state index contributed by atoms with van der Waals surface area (Å²) < 4.78 is 0. The zero-order valence-corrected chi connectivity index (χ0v) is 12.8. The molecule has 0 spiro atoms. The van der Waals surface area contributed by atoms with Gasteiger partial charge in [0.2, 0.25) is 11.8 Å². The first-order valence-electron chi connectivity index (χ1n) is 7.77. The van der Waals surface area contributed by atoms with Crippen LogP contribution in [0, 0.1) is 0 Å². The SMILES string of the molecule is O=C(/C=C/c1ccccc1)N1CCC(N2C(=O)CNC2=O)CC1. The van der Waals surface area contributed by atoms with Crippen LogP contribution in [0.1, 0.15) is 18.4 Å². The molecular formula is C17H19N3O3. The number of nitrogens with one attached hydrogen (secondary N) is 1. The van der Waals surface area contributed by atoms with Gasteiger partial charge in [0.05, 0.1) is 6.54 Å². The molecule has 6 nitrogen and oxygen atoms in total. The summed E-state index contributed by atoms with van der Waals surface area (Å²) in [5, 5.41) is 2.53. The maximum absolute atomic E-state index is 12.2. The van der Waals surface area contributed by atoms with E-state index < -0.39 is 0 Å². The summed E-state index contributed by atoms with van der Waals surface area (Å²) in [5.41, 5.74) is 0.982. The van der Waals surface area contributed by atoms with Crippen LogP contribution in [0.25, 0.3) is 6.08 Å². The highest BCUT2D eigenvalue weighted by atomic mass is 16.2. The summed E-state index contributed by atoms with van der Waals surface area (Å²) in [7, 11) is 0. The molecule has 0 saturated carbocycles. The van der Waals surface area contributed by atoms with E-state index in [1.54, 1.807) is 17.1 Å². The van der Waals surface area contributed by atoms with Crippen LogP contribution in [0.15, 0.2) is 36.4 Å². The molecule has 6 heteroatoms. The van der Waals surface area contributed by atoms with Crippen molar-refractivity contribution in [1.29, 1.82) is 0 Å². The average Bonchev–Trinajstić information content (AvgIpc) is 2.92. The third kappa shape index (κ3) is 3.41. The third-order valence-corrected chi connectivity index (χ3v) is 4.24. The molecule has 0 bridgehead atoms. The Hall–Kier alpha value is -2.63. The topological polar surface area (TPSA) is 69.7 Å². The van der Waals surface area contributed by atoms with E-state index in [4.69, 9.17) is 0 Å². The number of carbonyl (C=O) groups excluding carboxylic acids is 3. The van der Waals surface area contributed by atoms with Gasteiger partial charge in [0, 0.05) is 25.2 Å². The van der Waals surface area contributed by atoms with E-state index in [1.165, 1.54) is 4.90 Å². The van der Waals surface area contributed by atoms with Crippen molar-refractivity contribution in [3.8, 4) is 0 Å². The van der Waals surface area contributed by atoms with Gasteiger partial charge in [0.1, 0.15) is 0 Å². The molecule has 2 saturated heterocycles. The van der Waals surface area contributed by atoms with Crippen LogP contribution < -0.4 is 5.32 Å². The number of nitrogens with zero attached hydrogens (tertiary/aromatic N) is 2. The number of amides is 4. The number of benzene rings is 1. The molecule has 0 aliphatic carbocycles. The molecule has 2 fully saturated rings. The van der Waals surface area contributed by atoms with Gasteiger partial charge in [-0.15, -0.1) is 0 Å². The van der Waals surface area contributed by atoms with E-state index in [9.17, 15) is 14.4 Å². The minimum atomic E-state index is -0.316. The van der Waals surface area contributed by atoms with Gasteiger partial charge >= 0.3 is 6.03 Å². The largest absolute Gasteiger partial charge is 0.339 e. The van der Waals surface area contributed by atoms with Gasteiger partial charge in [0.25, 0.3) is 0 Å². The van der Waals surface area contributed by atoms with E-state index in [2.05, 4.69) is 5.32 Å². The van der Waals surface area contributed by atoms with E-state index in [1.807, 2.05) is 30.3 Å². The van der Waals surface area contributed by atoms with E-state index in [0.29, 0.717) is 25.9 Å². The monoisotopic (exact) mass is 313 g/mol. The molecule has 2 heterocycles. The molecule has 23 heavy (non-hydrogen) atoms. The van der Waals surface area contributed by atoms with Crippen LogP contribution in [0.5, 0.6) is 0 Å². The second kappa shape index (κ2) is 6.64. The van der Waals surface area contributed by atoms with Crippen molar-refractivity contribution in [3.05, 3.63) is 42.0 Å². The first kappa shape index (κ1) is 15.3. The van der Waals surface area contributed by atoms with Crippen molar-refractivity contribution < 1.29 is 14.4 Å². The summed E-state index contributed by atoms with van der Waals surface area (Å²) in [6.07, 6.45) is 4.63. The normalized spacial score (nSPS) is 19.5. The van der Waals surface area contributed by atoms with Gasteiger partial charge < -0.3 is 10.2 Å². The molecule has 3 rings (SSSR count). The summed E-state index contributed by atoms with van der Waals surface area (Å²) in [4.78, 5) is 38.6. The van der Waals surface area contributed by atoms with Crippen molar-refractivity contribution >= 4 is 23.9 Å². The number of imide groups is 1. The Balaban J connectivity index is 1.54. The van der Waals surface area contributed by atoms with Gasteiger partial charge in [-0.1, -0.05) is 30.3 Å². The molecule has 1 N–H and O–H groups in total. The molecular weight excluding hydrogens is 294 g/mol. The highest BCUT2D eigenvalue weighted by molar-refractivity contribution is 6.02. The van der Waals surface area contributed by atoms with Crippen molar-refractivity contribution in [3.63, 3.8) is 0 Å². The number of rotatable bonds is 3. The Morgan fingerprint density at radius 2 is 1.83 bits per heavy atom. The minimum absolute atomic E-state index is 0.0375. The summed E-state index contributed by atoms with van der Waals surface area (Å²) in [6, 6.07) is 9.23. The predicted molar refractivity (Wildman–Crippen MR) is 85.3 cm³/mol. The lowest BCUT2D eigenvalue weighted by Gasteiger charge is -2.34. The van der Waals surface area contributed by atoms with Gasteiger partial charge in [-0.3, -0.25) is 14.5 Å². The van der Waals surface area contributed by atoms with Crippen molar-refractivity contribution in [2.24, 2.45) is 0 Å². The van der Waals surface area contributed by atoms with Crippen LogP contribution in [-0.4, -0.2) is 53.3 Å². The lowest BCUT2D eigenvalue weighted by atomic mass is 10.0. The molecule has 2 aliphatic rings.